The highest BCUT2D eigenvalue weighted by Crippen LogP contribution is 2.38. The van der Waals surface area contributed by atoms with Crippen molar-refractivity contribution in [1.29, 1.82) is 5.26 Å². The van der Waals surface area contributed by atoms with Crippen molar-refractivity contribution in [2.45, 2.75) is 0 Å². The molecular weight excluding hydrogens is 709 g/mol. The zero-order valence-corrected chi connectivity index (χ0v) is 31.2. The van der Waals surface area contributed by atoms with Crippen molar-refractivity contribution in [2.75, 3.05) is 0 Å². The van der Waals surface area contributed by atoms with Gasteiger partial charge in [0.15, 0.2) is 17.5 Å². The molecule has 3 aromatic heterocycles. The highest BCUT2D eigenvalue weighted by Gasteiger charge is 2.18. The highest BCUT2D eigenvalue weighted by atomic mass is 15.0. The minimum absolute atomic E-state index is 0.512. The Morgan fingerprint density at radius 2 is 0.828 bits per heavy atom. The molecule has 0 amide bonds. The molecule has 0 saturated heterocycles. The molecule has 58 heavy (non-hydrogen) atoms. The van der Waals surface area contributed by atoms with Crippen LogP contribution in [0.15, 0.2) is 194 Å². The zero-order valence-electron chi connectivity index (χ0n) is 31.2. The van der Waals surface area contributed by atoms with Crippen molar-refractivity contribution in [2.24, 2.45) is 0 Å². The SMILES string of the molecule is N#Cc1cccc(-c2nc(-c3ccccc3)nc(-c3cccc(-n4c5ccccc5c5cc(-c6ccc7c8ccccc8n(-c8ccccc8)c7c6)ccc54)c3)n2)c1. The summed E-state index contributed by atoms with van der Waals surface area (Å²) < 4.78 is 4.69. The molecule has 0 saturated carbocycles. The quantitative estimate of drug-likeness (QED) is 0.170. The van der Waals surface area contributed by atoms with Crippen molar-refractivity contribution >= 4 is 43.6 Å². The van der Waals surface area contributed by atoms with Gasteiger partial charge in [-0.2, -0.15) is 5.26 Å². The maximum absolute atomic E-state index is 9.62. The van der Waals surface area contributed by atoms with Gasteiger partial charge < -0.3 is 9.13 Å². The van der Waals surface area contributed by atoms with Gasteiger partial charge in [0, 0.05) is 49.6 Å². The fourth-order valence-corrected chi connectivity index (χ4v) is 8.30. The van der Waals surface area contributed by atoms with Crippen LogP contribution in [0, 0.1) is 11.3 Å². The summed E-state index contributed by atoms with van der Waals surface area (Å²) in [7, 11) is 0. The number of aromatic nitrogens is 5. The van der Waals surface area contributed by atoms with Crippen molar-refractivity contribution in [3.05, 3.63) is 200 Å². The molecule has 0 aliphatic rings. The lowest BCUT2D eigenvalue weighted by molar-refractivity contribution is 1.07. The summed E-state index contributed by atoms with van der Waals surface area (Å²) in [4.78, 5) is 14.9. The highest BCUT2D eigenvalue weighted by molar-refractivity contribution is 6.12. The Labute approximate surface area is 334 Å². The minimum atomic E-state index is 0.512. The van der Waals surface area contributed by atoms with Crippen molar-refractivity contribution in [3.63, 3.8) is 0 Å². The summed E-state index contributed by atoms with van der Waals surface area (Å²) in [5, 5.41) is 14.5. The number of hydrogen-bond donors (Lipinski definition) is 0. The molecule has 11 aromatic rings. The van der Waals surface area contributed by atoms with E-state index in [-0.39, 0.29) is 0 Å². The number of benzene rings is 8. The van der Waals surface area contributed by atoms with E-state index in [1.807, 2.05) is 54.6 Å². The van der Waals surface area contributed by atoms with E-state index < -0.39 is 0 Å². The van der Waals surface area contributed by atoms with E-state index in [0.717, 1.165) is 50.2 Å². The lowest BCUT2D eigenvalue weighted by Gasteiger charge is -2.12. The van der Waals surface area contributed by atoms with Gasteiger partial charge in [-0.05, 0) is 77.9 Å². The van der Waals surface area contributed by atoms with E-state index in [0.29, 0.717) is 23.0 Å². The smallest absolute Gasteiger partial charge is 0.164 e. The summed E-state index contributed by atoms with van der Waals surface area (Å²) in [5.41, 5.74) is 12.1. The van der Waals surface area contributed by atoms with Gasteiger partial charge >= 0.3 is 0 Å². The first-order valence-electron chi connectivity index (χ1n) is 19.3. The van der Waals surface area contributed by atoms with Crippen LogP contribution in [0.25, 0.3) is 100 Å². The average molecular weight is 741 g/mol. The van der Waals surface area contributed by atoms with Crippen molar-refractivity contribution < 1.29 is 0 Å². The number of fused-ring (bicyclic) bond motifs is 6. The molecule has 6 nitrogen and oxygen atoms in total. The number of para-hydroxylation sites is 3. The Bertz CT molecular complexity index is 3410. The van der Waals surface area contributed by atoms with Crippen molar-refractivity contribution in [3.8, 4) is 62.7 Å². The van der Waals surface area contributed by atoms with E-state index in [1.54, 1.807) is 6.07 Å². The zero-order chi connectivity index (χ0) is 38.6. The fraction of sp³-hybridized carbons (Fsp3) is 0. The molecule has 6 heteroatoms. The van der Waals surface area contributed by atoms with Crippen LogP contribution in [0.3, 0.4) is 0 Å². The van der Waals surface area contributed by atoms with Crippen LogP contribution >= 0.6 is 0 Å². The third-order valence-electron chi connectivity index (χ3n) is 11.0. The monoisotopic (exact) mass is 740 g/mol. The van der Waals surface area contributed by atoms with Crippen LogP contribution in [-0.2, 0) is 0 Å². The molecule has 0 aliphatic heterocycles. The topological polar surface area (TPSA) is 72.3 Å². The lowest BCUT2D eigenvalue weighted by Crippen LogP contribution is -2.01. The van der Waals surface area contributed by atoms with Gasteiger partial charge in [-0.25, -0.2) is 15.0 Å². The van der Waals surface area contributed by atoms with E-state index in [4.69, 9.17) is 15.0 Å². The molecule has 11 rings (SSSR count). The number of rotatable bonds is 6. The second kappa shape index (κ2) is 13.6. The van der Waals surface area contributed by atoms with Gasteiger partial charge in [-0.3, -0.25) is 0 Å². The maximum atomic E-state index is 9.62. The maximum Gasteiger partial charge on any atom is 0.164 e. The Morgan fingerprint density at radius 1 is 0.328 bits per heavy atom. The first kappa shape index (κ1) is 33.2. The first-order valence-corrected chi connectivity index (χ1v) is 19.3. The summed E-state index contributed by atoms with van der Waals surface area (Å²) >= 11 is 0. The Balaban J connectivity index is 1.05. The standard InChI is InChI=1S/C52H32N6/c53-33-34-13-11-16-38(29-34)51-54-50(35-14-3-1-4-15-35)55-52(56-51)39-17-12-20-41(30-39)58-47-24-10-8-22-43(47)45-31-36(26-28-48(45)58)37-25-27-44-42-21-7-9-23-46(42)57(49(44)32-37)40-18-5-2-6-19-40/h1-32H. The Hall–Kier alpha value is -8.14. The third kappa shape index (κ3) is 5.53. The summed E-state index contributed by atoms with van der Waals surface area (Å²) in [5.74, 6) is 1.64. The summed E-state index contributed by atoms with van der Waals surface area (Å²) in [6.45, 7) is 0. The Kier molecular flexibility index (Phi) is 7.76. The molecule has 8 aromatic carbocycles. The lowest BCUT2D eigenvalue weighted by atomic mass is 10.0. The van der Waals surface area contributed by atoms with Crippen LogP contribution in [0.1, 0.15) is 5.56 Å². The van der Waals surface area contributed by atoms with Crippen LogP contribution in [0.2, 0.25) is 0 Å². The van der Waals surface area contributed by atoms with E-state index >= 15 is 0 Å². The Morgan fingerprint density at radius 3 is 1.55 bits per heavy atom. The molecule has 270 valence electrons. The molecule has 0 spiro atoms. The average Bonchev–Trinajstić information content (AvgIpc) is 3.81. The fourth-order valence-electron chi connectivity index (χ4n) is 8.30. The van der Waals surface area contributed by atoms with Crippen LogP contribution in [0.4, 0.5) is 0 Å². The molecule has 0 atom stereocenters. The molecule has 0 N–H and O–H groups in total. The molecule has 0 aliphatic carbocycles. The largest absolute Gasteiger partial charge is 0.309 e. The number of hydrogen-bond acceptors (Lipinski definition) is 4. The van der Waals surface area contributed by atoms with E-state index in [1.165, 1.54) is 32.6 Å². The molecule has 3 heterocycles. The second-order valence-electron chi connectivity index (χ2n) is 14.4. The predicted octanol–water partition coefficient (Wildman–Crippen LogP) is 12.6. The van der Waals surface area contributed by atoms with Gasteiger partial charge in [-0.15, -0.1) is 0 Å². The molecule has 0 radical (unpaired) electrons. The summed E-state index contributed by atoms with van der Waals surface area (Å²) in [6.07, 6.45) is 0. The van der Waals surface area contributed by atoms with Gasteiger partial charge in [0.05, 0.1) is 33.7 Å². The van der Waals surface area contributed by atoms with Gasteiger partial charge in [-0.1, -0.05) is 127 Å². The van der Waals surface area contributed by atoms with E-state index in [2.05, 4.69) is 149 Å². The summed E-state index contributed by atoms with van der Waals surface area (Å²) in [6, 6.07) is 69.4. The first-order chi connectivity index (χ1) is 28.7. The third-order valence-corrected chi connectivity index (χ3v) is 11.0. The molecule has 0 fully saturated rings. The predicted molar refractivity (Wildman–Crippen MR) is 235 cm³/mol. The number of nitriles is 1. The second-order valence-corrected chi connectivity index (χ2v) is 14.4. The molecule has 0 unspecified atom stereocenters. The van der Waals surface area contributed by atoms with Crippen LogP contribution < -0.4 is 0 Å². The minimum Gasteiger partial charge on any atom is -0.309 e. The van der Waals surface area contributed by atoms with Crippen molar-refractivity contribution in [1.82, 2.24) is 24.1 Å². The normalized spacial score (nSPS) is 11.4. The van der Waals surface area contributed by atoms with E-state index in [9.17, 15) is 5.26 Å². The van der Waals surface area contributed by atoms with Crippen LogP contribution in [-0.4, -0.2) is 24.1 Å². The number of nitrogens with zero attached hydrogens (tertiary/aromatic N) is 6. The van der Waals surface area contributed by atoms with Gasteiger partial charge in [0.1, 0.15) is 0 Å². The molecular formula is C52H32N6. The van der Waals surface area contributed by atoms with Gasteiger partial charge in [0.2, 0.25) is 0 Å². The molecule has 0 bridgehead atoms. The van der Waals surface area contributed by atoms with Crippen LogP contribution in [0.5, 0.6) is 0 Å². The van der Waals surface area contributed by atoms with Gasteiger partial charge in [0.25, 0.3) is 0 Å².